The predicted molar refractivity (Wildman–Crippen MR) is 83.1 cm³/mol. The molecule has 0 bridgehead atoms. The maximum Gasteiger partial charge on any atom is 0.0544 e. The van der Waals surface area contributed by atoms with Crippen molar-refractivity contribution in [2.45, 2.75) is 33.6 Å². The van der Waals surface area contributed by atoms with Gasteiger partial charge >= 0.3 is 0 Å². The summed E-state index contributed by atoms with van der Waals surface area (Å²) in [6.45, 7) is 9.19. The summed E-state index contributed by atoms with van der Waals surface area (Å²) < 4.78 is 1.14. The molecule has 2 atom stereocenters. The number of nitrogens with two attached hydrogens (primary N) is 1. The molecule has 1 aromatic carbocycles. The smallest absolute Gasteiger partial charge is 0.0544 e. The number of nitrogen functional groups attached to an aromatic ring is 1. The summed E-state index contributed by atoms with van der Waals surface area (Å²) >= 11 is 3.69. The molecule has 1 heterocycles. The Morgan fingerprint density at radius 1 is 1.28 bits per heavy atom. The van der Waals surface area contributed by atoms with Crippen LogP contribution in [0.25, 0.3) is 0 Å². The first-order valence-electron chi connectivity index (χ1n) is 6.84. The number of anilines is 2. The minimum Gasteiger partial charge on any atom is -0.399 e. The zero-order chi connectivity index (χ0) is 13.3. The van der Waals surface area contributed by atoms with Crippen LogP contribution in [0.3, 0.4) is 0 Å². The van der Waals surface area contributed by atoms with Crippen LogP contribution in [-0.2, 0) is 6.42 Å². The first-order valence-corrected chi connectivity index (χ1v) is 7.63. The van der Waals surface area contributed by atoms with Gasteiger partial charge in [0.2, 0.25) is 0 Å². The molecule has 18 heavy (non-hydrogen) atoms. The van der Waals surface area contributed by atoms with Crippen LogP contribution in [0, 0.1) is 11.8 Å². The Balaban J connectivity index is 2.37. The van der Waals surface area contributed by atoms with Gasteiger partial charge in [0.05, 0.1) is 5.69 Å². The molecule has 0 spiro atoms. The average molecular weight is 311 g/mol. The molecular formula is C15H23BrN2. The molecule has 1 aromatic rings. The van der Waals surface area contributed by atoms with Crippen LogP contribution in [0.4, 0.5) is 11.4 Å². The van der Waals surface area contributed by atoms with Gasteiger partial charge in [-0.25, -0.2) is 0 Å². The molecule has 3 heteroatoms. The van der Waals surface area contributed by atoms with Crippen molar-refractivity contribution >= 4 is 27.3 Å². The highest BCUT2D eigenvalue weighted by atomic mass is 79.9. The first-order chi connectivity index (χ1) is 8.51. The molecular weight excluding hydrogens is 288 g/mol. The largest absolute Gasteiger partial charge is 0.399 e. The van der Waals surface area contributed by atoms with Crippen molar-refractivity contribution in [2.24, 2.45) is 11.8 Å². The van der Waals surface area contributed by atoms with Gasteiger partial charge in [-0.2, -0.15) is 0 Å². The molecule has 0 aliphatic carbocycles. The van der Waals surface area contributed by atoms with Crippen LogP contribution in [0.2, 0.25) is 0 Å². The Morgan fingerprint density at radius 2 is 1.89 bits per heavy atom. The molecule has 1 aliphatic rings. The van der Waals surface area contributed by atoms with Crippen molar-refractivity contribution < 1.29 is 0 Å². The lowest BCUT2D eigenvalue weighted by atomic mass is 9.91. The molecule has 0 radical (unpaired) electrons. The highest BCUT2D eigenvalue weighted by Crippen LogP contribution is 2.36. The number of aryl methyl sites for hydroxylation is 1. The molecule has 0 aromatic heterocycles. The van der Waals surface area contributed by atoms with Gasteiger partial charge in [-0.3, -0.25) is 0 Å². The second kappa shape index (κ2) is 5.52. The van der Waals surface area contributed by atoms with Crippen molar-refractivity contribution in [1.29, 1.82) is 0 Å². The van der Waals surface area contributed by atoms with Gasteiger partial charge < -0.3 is 10.6 Å². The Bertz CT molecular complexity index is 421. The van der Waals surface area contributed by atoms with Gasteiger partial charge in [0, 0.05) is 23.2 Å². The fourth-order valence-corrected chi connectivity index (χ4v) is 3.92. The van der Waals surface area contributed by atoms with E-state index in [1.807, 2.05) is 6.07 Å². The summed E-state index contributed by atoms with van der Waals surface area (Å²) in [6.07, 6.45) is 2.36. The standard InChI is InChI=1S/C15H23BrN2/c1-4-12-6-13(17)7-14(16)15(12)18-8-10(2)5-11(3)9-18/h6-7,10-11H,4-5,8-9,17H2,1-3H3. The van der Waals surface area contributed by atoms with E-state index in [-0.39, 0.29) is 0 Å². The van der Waals surface area contributed by atoms with Gasteiger partial charge in [0.15, 0.2) is 0 Å². The zero-order valence-corrected chi connectivity index (χ0v) is 13.1. The molecule has 1 fully saturated rings. The number of halogens is 1. The highest BCUT2D eigenvalue weighted by Gasteiger charge is 2.24. The SMILES string of the molecule is CCc1cc(N)cc(Br)c1N1CC(C)CC(C)C1. The van der Waals surface area contributed by atoms with Crippen molar-refractivity contribution in [2.75, 3.05) is 23.7 Å². The topological polar surface area (TPSA) is 29.3 Å². The number of piperidine rings is 1. The molecule has 2 N–H and O–H groups in total. The molecule has 1 saturated heterocycles. The lowest BCUT2D eigenvalue weighted by molar-refractivity contribution is 0.356. The van der Waals surface area contributed by atoms with Crippen molar-refractivity contribution in [1.82, 2.24) is 0 Å². The quantitative estimate of drug-likeness (QED) is 0.834. The first kappa shape index (κ1) is 13.7. The molecule has 0 amide bonds. The van der Waals surface area contributed by atoms with E-state index in [4.69, 9.17) is 5.73 Å². The number of hydrogen-bond donors (Lipinski definition) is 1. The molecule has 2 nitrogen and oxygen atoms in total. The van der Waals surface area contributed by atoms with Crippen molar-refractivity contribution in [3.05, 3.63) is 22.2 Å². The summed E-state index contributed by atoms with van der Waals surface area (Å²) in [6, 6.07) is 4.14. The van der Waals surface area contributed by atoms with Crippen LogP contribution in [0.1, 0.15) is 32.8 Å². The third-order valence-electron chi connectivity index (χ3n) is 3.73. The zero-order valence-electron chi connectivity index (χ0n) is 11.5. The van der Waals surface area contributed by atoms with Crippen LogP contribution in [-0.4, -0.2) is 13.1 Å². The third kappa shape index (κ3) is 2.82. The number of rotatable bonds is 2. The summed E-state index contributed by atoms with van der Waals surface area (Å²) in [5.74, 6) is 1.53. The summed E-state index contributed by atoms with van der Waals surface area (Å²) in [4.78, 5) is 2.53. The molecule has 2 unspecified atom stereocenters. The fraction of sp³-hybridized carbons (Fsp3) is 0.600. The fourth-order valence-electron chi connectivity index (χ4n) is 3.15. The Morgan fingerprint density at radius 3 is 2.44 bits per heavy atom. The predicted octanol–water partition coefficient (Wildman–Crippen LogP) is 4.08. The minimum absolute atomic E-state index is 0.767. The van der Waals surface area contributed by atoms with Crippen molar-refractivity contribution in [3.8, 4) is 0 Å². The number of benzene rings is 1. The summed E-state index contributed by atoms with van der Waals surface area (Å²) in [5, 5.41) is 0. The van der Waals surface area contributed by atoms with Gasteiger partial charge in [0.25, 0.3) is 0 Å². The molecule has 1 aliphatic heterocycles. The Labute approximate surface area is 119 Å². The van der Waals surface area contributed by atoms with E-state index in [2.05, 4.69) is 47.7 Å². The molecule has 100 valence electrons. The second-order valence-electron chi connectivity index (χ2n) is 5.72. The van der Waals surface area contributed by atoms with E-state index in [1.165, 1.54) is 17.7 Å². The maximum atomic E-state index is 5.94. The van der Waals surface area contributed by atoms with E-state index in [0.29, 0.717) is 0 Å². The van der Waals surface area contributed by atoms with Crippen LogP contribution < -0.4 is 10.6 Å². The van der Waals surface area contributed by atoms with E-state index >= 15 is 0 Å². The number of hydrogen-bond acceptors (Lipinski definition) is 2. The second-order valence-corrected chi connectivity index (χ2v) is 6.57. The number of nitrogens with zero attached hydrogens (tertiary/aromatic N) is 1. The van der Waals surface area contributed by atoms with Gasteiger partial charge in [-0.15, -0.1) is 0 Å². The summed E-state index contributed by atoms with van der Waals surface area (Å²) in [7, 11) is 0. The average Bonchev–Trinajstić information content (AvgIpc) is 2.26. The van der Waals surface area contributed by atoms with Gasteiger partial charge in [-0.05, 0) is 58.3 Å². The van der Waals surface area contributed by atoms with E-state index in [9.17, 15) is 0 Å². The van der Waals surface area contributed by atoms with Crippen LogP contribution in [0.15, 0.2) is 16.6 Å². The minimum atomic E-state index is 0.767. The van der Waals surface area contributed by atoms with Crippen LogP contribution in [0.5, 0.6) is 0 Å². The Hall–Kier alpha value is -0.700. The highest BCUT2D eigenvalue weighted by molar-refractivity contribution is 9.10. The van der Waals surface area contributed by atoms with Crippen LogP contribution >= 0.6 is 15.9 Å². The summed E-state index contributed by atoms with van der Waals surface area (Å²) in [5.41, 5.74) is 9.49. The monoisotopic (exact) mass is 310 g/mol. The lowest BCUT2D eigenvalue weighted by Gasteiger charge is -2.38. The third-order valence-corrected chi connectivity index (χ3v) is 4.34. The lowest BCUT2D eigenvalue weighted by Crippen LogP contribution is -2.39. The van der Waals surface area contributed by atoms with E-state index in [0.717, 1.165) is 41.5 Å². The molecule has 2 rings (SSSR count). The van der Waals surface area contributed by atoms with E-state index in [1.54, 1.807) is 0 Å². The van der Waals surface area contributed by atoms with Gasteiger partial charge in [-0.1, -0.05) is 20.8 Å². The van der Waals surface area contributed by atoms with E-state index < -0.39 is 0 Å². The Kier molecular flexibility index (Phi) is 4.21. The van der Waals surface area contributed by atoms with Crippen molar-refractivity contribution in [3.63, 3.8) is 0 Å². The normalized spacial score (nSPS) is 24.3. The maximum absolute atomic E-state index is 5.94. The molecule has 0 saturated carbocycles. The van der Waals surface area contributed by atoms with Gasteiger partial charge in [0.1, 0.15) is 0 Å².